The van der Waals surface area contributed by atoms with Crippen molar-refractivity contribution in [3.05, 3.63) is 33.3 Å². The van der Waals surface area contributed by atoms with Crippen LogP contribution in [-0.4, -0.2) is 31.9 Å². The van der Waals surface area contributed by atoms with E-state index in [0.29, 0.717) is 0 Å². The van der Waals surface area contributed by atoms with Gasteiger partial charge in [0.05, 0.1) is 4.92 Å². The number of hydrogen-bond acceptors (Lipinski definition) is 7. The zero-order chi connectivity index (χ0) is 14.7. The molecule has 0 unspecified atom stereocenters. The molecule has 104 valence electrons. The van der Waals surface area contributed by atoms with E-state index >= 15 is 0 Å². The summed E-state index contributed by atoms with van der Waals surface area (Å²) in [6.45, 7) is 0. The number of thioether (sulfide) groups is 1. The average Bonchev–Trinajstić information content (AvgIpc) is 2.84. The van der Waals surface area contributed by atoms with Gasteiger partial charge in [-0.2, -0.15) is 0 Å². The number of carboxylic acids is 1. The van der Waals surface area contributed by atoms with Crippen LogP contribution in [0.2, 0.25) is 5.02 Å². The predicted molar refractivity (Wildman–Crippen MR) is 69.8 cm³/mol. The molecule has 1 aromatic heterocycles. The van der Waals surface area contributed by atoms with Crippen LogP contribution in [0.15, 0.2) is 27.8 Å². The third-order valence-electron chi connectivity index (χ3n) is 2.11. The van der Waals surface area contributed by atoms with Crippen LogP contribution in [0.5, 0.6) is 0 Å². The Balaban J connectivity index is 2.32. The van der Waals surface area contributed by atoms with E-state index < -0.39 is 10.9 Å². The fraction of sp³-hybridized carbons (Fsp3) is 0.100. The molecular weight excluding hydrogens is 310 g/mol. The van der Waals surface area contributed by atoms with Crippen molar-refractivity contribution in [1.29, 1.82) is 0 Å². The standard InChI is InChI=1S/C10H6ClN3O5S/c11-5-1-2-6(7(3-5)14(17)18)9-12-13-10(19-9)20-4-8(15)16/h1-3H,4H2,(H,15,16). The number of halogens is 1. The van der Waals surface area contributed by atoms with Crippen molar-refractivity contribution in [3.63, 3.8) is 0 Å². The summed E-state index contributed by atoms with van der Waals surface area (Å²) in [4.78, 5) is 20.7. The quantitative estimate of drug-likeness (QED) is 0.507. The Labute approximate surface area is 120 Å². The van der Waals surface area contributed by atoms with Crippen LogP contribution in [-0.2, 0) is 4.79 Å². The van der Waals surface area contributed by atoms with Crippen molar-refractivity contribution < 1.29 is 19.2 Å². The van der Waals surface area contributed by atoms with Gasteiger partial charge in [-0.25, -0.2) is 0 Å². The van der Waals surface area contributed by atoms with Gasteiger partial charge in [-0.05, 0) is 12.1 Å². The highest BCUT2D eigenvalue weighted by Crippen LogP contribution is 2.32. The summed E-state index contributed by atoms with van der Waals surface area (Å²) in [6.07, 6.45) is 0. The maximum absolute atomic E-state index is 10.9. The van der Waals surface area contributed by atoms with E-state index in [4.69, 9.17) is 21.1 Å². The Morgan fingerprint density at radius 3 is 2.90 bits per heavy atom. The average molecular weight is 316 g/mol. The summed E-state index contributed by atoms with van der Waals surface area (Å²) in [5, 5.41) is 27.0. The Hall–Kier alpha value is -2.13. The molecule has 0 radical (unpaired) electrons. The van der Waals surface area contributed by atoms with Crippen molar-refractivity contribution >= 4 is 35.0 Å². The zero-order valence-corrected chi connectivity index (χ0v) is 11.2. The van der Waals surface area contributed by atoms with Gasteiger partial charge in [0.25, 0.3) is 16.8 Å². The van der Waals surface area contributed by atoms with E-state index in [1.807, 2.05) is 0 Å². The minimum Gasteiger partial charge on any atom is -0.481 e. The molecule has 0 bridgehead atoms. The molecule has 10 heteroatoms. The van der Waals surface area contributed by atoms with Crippen LogP contribution in [0.25, 0.3) is 11.5 Å². The van der Waals surface area contributed by atoms with Crippen LogP contribution in [0.1, 0.15) is 0 Å². The van der Waals surface area contributed by atoms with E-state index in [-0.39, 0.29) is 33.1 Å². The largest absolute Gasteiger partial charge is 0.481 e. The molecule has 0 aliphatic rings. The molecule has 8 nitrogen and oxygen atoms in total. The van der Waals surface area contributed by atoms with Crippen molar-refractivity contribution in [3.8, 4) is 11.5 Å². The molecule has 0 fully saturated rings. The van der Waals surface area contributed by atoms with Crippen molar-refractivity contribution in [2.75, 3.05) is 5.75 Å². The lowest BCUT2D eigenvalue weighted by molar-refractivity contribution is -0.384. The third-order valence-corrected chi connectivity index (χ3v) is 3.15. The smallest absolute Gasteiger partial charge is 0.314 e. The lowest BCUT2D eigenvalue weighted by Gasteiger charge is -1.98. The second-order valence-corrected chi connectivity index (χ2v) is 4.84. The number of hydrogen-bond donors (Lipinski definition) is 1. The van der Waals surface area contributed by atoms with E-state index in [1.165, 1.54) is 18.2 Å². The minimum absolute atomic E-state index is 0.0200. The molecule has 2 aromatic rings. The van der Waals surface area contributed by atoms with Gasteiger partial charge in [-0.3, -0.25) is 14.9 Å². The molecule has 2 rings (SSSR count). The Kier molecular flexibility index (Phi) is 4.20. The lowest BCUT2D eigenvalue weighted by Crippen LogP contribution is -1.97. The highest BCUT2D eigenvalue weighted by atomic mass is 35.5. The van der Waals surface area contributed by atoms with Crippen molar-refractivity contribution in [2.24, 2.45) is 0 Å². The number of nitro benzene ring substituents is 1. The highest BCUT2D eigenvalue weighted by Gasteiger charge is 2.21. The summed E-state index contributed by atoms with van der Waals surface area (Å²) < 4.78 is 5.18. The van der Waals surface area contributed by atoms with Crippen LogP contribution in [0.3, 0.4) is 0 Å². The number of rotatable bonds is 5. The maximum atomic E-state index is 10.9. The Morgan fingerprint density at radius 2 is 2.25 bits per heavy atom. The molecule has 0 saturated heterocycles. The molecule has 0 aliphatic heterocycles. The monoisotopic (exact) mass is 315 g/mol. The number of carbonyl (C=O) groups is 1. The molecule has 20 heavy (non-hydrogen) atoms. The van der Waals surface area contributed by atoms with Gasteiger partial charge in [0.1, 0.15) is 11.3 Å². The second-order valence-electron chi connectivity index (χ2n) is 3.47. The SMILES string of the molecule is O=C(O)CSc1nnc(-c2ccc(Cl)cc2[N+](=O)[O-])o1. The van der Waals surface area contributed by atoms with Gasteiger partial charge in [0.15, 0.2) is 0 Å². The van der Waals surface area contributed by atoms with Gasteiger partial charge in [-0.15, -0.1) is 10.2 Å². The van der Waals surface area contributed by atoms with Crippen molar-refractivity contribution in [2.45, 2.75) is 5.22 Å². The fourth-order valence-electron chi connectivity index (χ4n) is 1.34. The van der Waals surface area contributed by atoms with Crippen molar-refractivity contribution in [1.82, 2.24) is 10.2 Å². The van der Waals surface area contributed by atoms with Gasteiger partial charge < -0.3 is 9.52 Å². The molecule has 0 aliphatic carbocycles. The Morgan fingerprint density at radius 1 is 1.50 bits per heavy atom. The number of carboxylic acid groups (broad SMARTS) is 1. The topological polar surface area (TPSA) is 119 Å². The van der Waals surface area contributed by atoms with Gasteiger partial charge in [0, 0.05) is 11.1 Å². The van der Waals surface area contributed by atoms with E-state index in [2.05, 4.69) is 10.2 Å². The number of aliphatic carboxylic acids is 1. The fourth-order valence-corrected chi connectivity index (χ4v) is 1.99. The molecule has 0 saturated carbocycles. The molecule has 0 spiro atoms. The first-order valence-corrected chi connectivity index (χ1v) is 6.46. The number of nitro groups is 1. The normalized spacial score (nSPS) is 10.4. The van der Waals surface area contributed by atoms with Gasteiger partial charge in [-0.1, -0.05) is 23.4 Å². The molecule has 1 aromatic carbocycles. The summed E-state index contributed by atoms with van der Waals surface area (Å²) in [7, 11) is 0. The highest BCUT2D eigenvalue weighted by molar-refractivity contribution is 7.99. The molecular formula is C10H6ClN3O5S. The summed E-state index contributed by atoms with van der Waals surface area (Å²) in [5.74, 6) is -1.35. The predicted octanol–water partition coefficient (Wildman–Crippen LogP) is 2.47. The van der Waals surface area contributed by atoms with E-state index in [9.17, 15) is 14.9 Å². The minimum atomic E-state index is -1.03. The molecule has 1 heterocycles. The lowest BCUT2D eigenvalue weighted by atomic mass is 10.2. The summed E-state index contributed by atoms with van der Waals surface area (Å²) in [5.41, 5.74) is -0.148. The first-order chi connectivity index (χ1) is 9.47. The van der Waals surface area contributed by atoms with Gasteiger partial charge >= 0.3 is 5.97 Å². The molecule has 1 N–H and O–H groups in total. The molecule has 0 amide bonds. The summed E-state index contributed by atoms with van der Waals surface area (Å²) in [6, 6.07) is 4.02. The Bertz CT molecular complexity index is 675. The van der Waals surface area contributed by atoms with Crippen LogP contribution in [0, 0.1) is 10.1 Å². The first kappa shape index (κ1) is 14.3. The number of aromatic nitrogens is 2. The second kappa shape index (κ2) is 5.88. The van der Waals surface area contributed by atoms with E-state index in [1.54, 1.807) is 0 Å². The summed E-state index contributed by atoms with van der Waals surface area (Å²) >= 11 is 6.52. The maximum Gasteiger partial charge on any atom is 0.314 e. The number of benzene rings is 1. The number of nitrogens with zero attached hydrogens (tertiary/aromatic N) is 3. The van der Waals surface area contributed by atoms with Gasteiger partial charge in [0.2, 0.25) is 0 Å². The van der Waals surface area contributed by atoms with Crippen LogP contribution < -0.4 is 0 Å². The van der Waals surface area contributed by atoms with E-state index in [0.717, 1.165) is 11.8 Å². The zero-order valence-electron chi connectivity index (χ0n) is 9.65. The molecule has 0 atom stereocenters. The first-order valence-electron chi connectivity index (χ1n) is 5.10. The third kappa shape index (κ3) is 3.25. The van der Waals surface area contributed by atoms with Crippen LogP contribution >= 0.6 is 23.4 Å². The van der Waals surface area contributed by atoms with Crippen LogP contribution in [0.4, 0.5) is 5.69 Å².